The van der Waals surface area contributed by atoms with Gasteiger partial charge in [-0.25, -0.2) is 0 Å². The Morgan fingerprint density at radius 1 is 1.31 bits per heavy atom. The Morgan fingerprint density at radius 3 is 2.81 bits per heavy atom. The van der Waals surface area contributed by atoms with E-state index < -0.39 is 0 Å². The van der Waals surface area contributed by atoms with Gasteiger partial charge in [0.25, 0.3) is 0 Å². The Bertz CT molecular complexity index is 439. The number of para-hydroxylation sites is 2. The average Bonchev–Trinajstić information content (AvgIpc) is 2.79. The second kappa shape index (κ2) is 4.94. The zero-order valence-corrected chi connectivity index (χ0v) is 10.2. The molecule has 0 fully saturated rings. The van der Waals surface area contributed by atoms with Gasteiger partial charge in [-0.05, 0) is 23.7 Å². The third kappa shape index (κ3) is 2.49. The van der Waals surface area contributed by atoms with E-state index in [2.05, 4.69) is 31.9 Å². The number of nitrogens with zero attached hydrogens (tertiary/aromatic N) is 3. The lowest BCUT2D eigenvalue weighted by Crippen LogP contribution is -2.12. The van der Waals surface area contributed by atoms with Crippen molar-refractivity contribution in [3.8, 4) is 0 Å². The molecule has 0 atom stereocenters. The van der Waals surface area contributed by atoms with Gasteiger partial charge in [-0.3, -0.25) is 0 Å². The molecule has 4 nitrogen and oxygen atoms in total. The van der Waals surface area contributed by atoms with Gasteiger partial charge in [0.2, 0.25) is 0 Å². The molecule has 0 spiro atoms. The molecule has 0 bridgehead atoms. The molecule has 5 heteroatoms. The number of nitrogens with one attached hydrogen (secondary N) is 1. The minimum atomic E-state index is 0.710. The molecule has 0 amide bonds. The highest BCUT2D eigenvalue weighted by molar-refractivity contribution is 7.03. The van der Waals surface area contributed by atoms with Crippen LogP contribution in [0.5, 0.6) is 0 Å². The summed E-state index contributed by atoms with van der Waals surface area (Å²) in [6.07, 6.45) is 0. The number of hydrogen-bond acceptors (Lipinski definition) is 5. The first-order valence-corrected chi connectivity index (χ1v) is 5.87. The Morgan fingerprint density at radius 2 is 2.12 bits per heavy atom. The maximum atomic E-state index is 4.00. The van der Waals surface area contributed by atoms with Gasteiger partial charge in [0.1, 0.15) is 0 Å². The van der Waals surface area contributed by atoms with Crippen LogP contribution in [0.3, 0.4) is 0 Å². The molecule has 0 saturated carbocycles. The predicted molar refractivity (Wildman–Crippen MR) is 68.0 cm³/mol. The molecule has 0 aliphatic carbocycles. The monoisotopic (exact) mass is 234 g/mol. The molecule has 2 rings (SSSR count). The topological polar surface area (TPSA) is 41.0 Å². The highest BCUT2D eigenvalue weighted by atomic mass is 32.1. The van der Waals surface area contributed by atoms with E-state index in [9.17, 15) is 0 Å². The molecule has 0 radical (unpaired) electrons. The van der Waals surface area contributed by atoms with E-state index in [1.807, 2.05) is 31.6 Å². The predicted octanol–water partition coefficient (Wildman–Crippen LogP) is 2.22. The quantitative estimate of drug-likeness (QED) is 0.880. The van der Waals surface area contributed by atoms with Crippen molar-refractivity contribution in [1.82, 2.24) is 9.59 Å². The van der Waals surface area contributed by atoms with Crippen LogP contribution in [0.1, 0.15) is 5.69 Å². The van der Waals surface area contributed by atoms with Crippen molar-refractivity contribution in [2.24, 2.45) is 0 Å². The zero-order chi connectivity index (χ0) is 11.4. The van der Waals surface area contributed by atoms with Crippen molar-refractivity contribution in [3.05, 3.63) is 35.3 Å². The van der Waals surface area contributed by atoms with Crippen LogP contribution >= 0.6 is 11.5 Å². The van der Waals surface area contributed by atoms with Crippen LogP contribution in [0.25, 0.3) is 0 Å². The van der Waals surface area contributed by atoms with E-state index in [1.54, 1.807) is 0 Å². The Balaban J connectivity index is 2.09. The van der Waals surface area contributed by atoms with Crippen molar-refractivity contribution in [2.75, 3.05) is 24.3 Å². The van der Waals surface area contributed by atoms with Gasteiger partial charge in [-0.1, -0.05) is 16.6 Å². The van der Waals surface area contributed by atoms with Gasteiger partial charge in [-0.2, -0.15) is 0 Å². The third-order valence-electron chi connectivity index (χ3n) is 2.25. The standard InChI is InChI=1S/C11H14N4S/c1-15(2)11-6-4-3-5-10(11)12-7-9-8-16-14-13-9/h3-6,8,12H,7H2,1-2H3. The van der Waals surface area contributed by atoms with Crippen LogP contribution in [0.2, 0.25) is 0 Å². The maximum Gasteiger partial charge on any atom is 0.0946 e. The van der Waals surface area contributed by atoms with E-state index in [-0.39, 0.29) is 0 Å². The van der Waals surface area contributed by atoms with Gasteiger partial charge < -0.3 is 10.2 Å². The van der Waals surface area contributed by atoms with Crippen LogP contribution in [-0.2, 0) is 6.54 Å². The van der Waals surface area contributed by atoms with Crippen molar-refractivity contribution in [1.29, 1.82) is 0 Å². The van der Waals surface area contributed by atoms with Crippen molar-refractivity contribution < 1.29 is 0 Å². The van der Waals surface area contributed by atoms with Crippen LogP contribution in [0, 0.1) is 0 Å². The fourth-order valence-corrected chi connectivity index (χ4v) is 1.91. The zero-order valence-electron chi connectivity index (χ0n) is 9.34. The lowest BCUT2D eigenvalue weighted by Gasteiger charge is -2.17. The molecule has 1 heterocycles. The van der Waals surface area contributed by atoms with Gasteiger partial charge in [0, 0.05) is 19.5 Å². The summed E-state index contributed by atoms with van der Waals surface area (Å²) in [6, 6.07) is 8.20. The summed E-state index contributed by atoms with van der Waals surface area (Å²) in [7, 11) is 4.07. The third-order valence-corrected chi connectivity index (χ3v) is 2.80. The summed E-state index contributed by atoms with van der Waals surface area (Å²) in [6.45, 7) is 0.710. The molecule has 1 aromatic heterocycles. The normalized spacial score (nSPS) is 10.1. The van der Waals surface area contributed by atoms with E-state index in [4.69, 9.17) is 0 Å². The Kier molecular flexibility index (Phi) is 3.36. The molecule has 16 heavy (non-hydrogen) atoms. The molecule has 1 aromatic carbocycles. The molecule has 0 aliphatic heterocycles. The molecule has 84 valence electrons. The maximum absolute atomic E-state index is 4.00. The summed E-state index contributed by atoms with van der Waals surface area (Å²) in [4.78, 5) is 2.08. The first-order valence-electron chi connectivity index (χ1n) is 5.03. The molecule has 0 aliphatic rings. The number of hydrogen-bond donors (Lipinski definition) is 1. The van der Waals surface area contributed by atoms with Gasteiger partial charge in [-0.15, -0.1) is 5.10 Å². The lowest BCUT2D eigenvalue weighted by molar-refractivity contribution is 0.995. The summed E-state index contributed by atoms with van der Waals surface area (Å²) in [5.74, 6) is 0. The van der Waals surface area contributed by atoms with Gasteiger partial charge >= 0.3 is 0 Å². The van der Waals surface area contributed by atoms with E-state index in [0.29, 0.717) is 6.54 Å². The van der Waals surface area contributed by atoms with Crippen LogP contribution in [0.4, 0.5) is 11.4 Å². The smallest absolute Gasteiger partial charge is 0.0946 e. The number of aromatic nitrogens is 2. The van der Waals surface area contributed by atoms with Crippen molar-refractivity contribution in [2.45, 2.75) is 6.54 Å². The van der Waals surface area contributed by atoms with Gasteiger partial charge in [0.05, 0.1) is 23.6 Å². The Labute approximate surface area is 99.1 Å². The molecule has 0 unspecified atom stereocenters. The first kappa shape index (κ1) is 10.9. The fraction of sp³-hybridized carbons (Fsp3) is 0.273. The summed E-state index contributed by atoms with van der Waals surface area (Å²) < 4.78 is 3.83. The van der Waals surface area contributed by atoms with E-state index in [0.717, 1.165) is 11.4 Å². The second-order valence-electron chi connectivity index (χ2n) is 3.66. The number of rotatable bonds is 4. The Hall–Kier alpha value is -1.62. The summed E-state index contributed by atoms with van der Waals surface area (Å²) in [5, 5.41) is 9.31. The fourth-order valence-electron chi connectivity index (χ4n) is 1.46. The minimum Gasteiger partial charge on any atom is -0.378 e. The average molecular weight is 234 g/mol. The van der Waals surface area contributed by atoms with Crippen LogP contribution < -0.4 is 10.2 Å². The van der Waals surface area contributed by atoms with Crippen molar-refractivity contribution in [3.63, 3.8) is 0 Å². The molecular weight excluding hydrogens is 220 g/mol. The number of anilines is 2. The summed E-state index contributed by atoms with van der Waals surface area (Å²) >= 11 is 1.37. The van der Waals surface area contributed by atoms with Crippen LogP contribution in [0.15, 0.2) is 29.6 Å². The minimum absolute atomic E-state index is 0.710. The van der Waals surface area contributed by atoms with E-state index >= 15 is 0 Å². The SMILES string of the molecule is CN(C)c1ccccc1NCc1csnn1. The van der Waals surface area contributed by atoms with Crippen LogP contribution in [-0.4, -0.2) is 23.7 Å². The largest absolute Gasteiger partial charge is 0.378 e. The lowest BCUT2D eigenvalue weighted by atomic mass is 10.2. The molecule has 0 saturated heterocycles. The van der Waals surface area contributed by atoms with Crippen molar-refractivity contribution >= 4 is 22.9 Å². The summed E-state index contributed by atoms with van der Waals surface area (Å²) in [5.41, 5.74) is 3.25. The van der Waals surface area contributed by atoms with E-state index in [1.165, 1.54) is 17.2 Å². The molecule has 2 aromatic rings. The first-order chi connectivity index (χ1) is 7.77. The molecule has 1 N–H and O–H groups in total. The highest BCUT2D eigenvalue weighted by Crippen LogP contribution is 2.23. The highest BCUT2D eigenvalue weighted by Gasteiger charge is 2.03. The number of benzene rings is 1. The molecular formula is C11H14N4S. The second-order valence-corrected chi connectivity index (χ2v) is 4.27. The van der Waals surface area contributed by atoms with Gasteiger partial charge in [0.15, 0.2) is 0 Å².